The van der Waals surface area contributed by atoms with Crippen molar-refractivity contribution in [3.05, 3.63) is 17.1 Å². The maximum atomic E-state index is 11.5. The van der Waals surface area contributed by atoms with Gasteiger partial charge < -0.3 is 15.4 Å². The van der Waals surface area contributed by atoms with Crippen LogP contribution in [-0.2, 0) is 22.4 Å². The summed E-state index contributed by atoms with van der Waals surface area (Å²) in [7, 11) is 0. The lowest BCUT2D eigenvalue weighted by molar-refractivity contribution is -0.123. The third-order valence-electron chi connectivity index (χ3n) is 5.10. The van der Waals surface area contributed by atoms with Crippen LogP contribution in [0.5, 0.6) is 0 Å². The van der Waals surface area contributed by atoms with Gasteiger partial charge in [0.05, 0.1) is 18.2 Å². The van der Waals surface area contributed by atoms with Crippen molar-refractivity contribution in [2.24, 2.45) is 5.92 Å². The summed E-state index contributed by atoms with van der Waals surface area (Å²) < 4.78 is 5.76. The molecule has 0 radical (unpaired) electrons. The van der Waals surface area contributed by atoms with Gasteiger partial charge >= 0.3 is 0 Å². The number of carbonyl (C=O) groups excluding carboxylic acids is 1. The lowest BCUT2D eigenvalue weighted by atomic mass is 9.71. The maximum absolute atomic E-state index is 11.5. The molecule has 1 aromatic rings. The van der Waals surface area contributed by atoms with Crippen LogP contribution in [0.3, 0.4) is 0 Å². The summed E-state index contributed by atoms with van der Waals surface area (Å²) in [4.78, 5) is 20.6. The predicted octanol–water partition coefficient (Wildman–Crippen LogP) is 0.978. The van der Waals surface area contributed by atoms with Crippen molar-refractivity contribution in [2.45, 2.75) is 57.7 Å². The number of nitrogens with one attached hydrogen (secondary N) is 2. The van der Waals surface area contributed by atoms with E-state index in [1.54, 1.807) is 6.92 Å². The van der Waals surface area contributed by atoms with Crippen molar-refractivity contribution in [1.29, 1.82) is 0 Å². The van der Waals surface area contributed by atoms with Gasteiger partial charge in [-0.2, -0.15) is 0 Å². The number of amides is 1. The maximum Gasteiger partial charge on any atom is 0.217 e. The van der Waals surface area contributed by atoms with Crippen LogP contribution >= 0.6 is 0 Å². The van der Waals surface area contributed by atoms with Crippen LogP contribution in [0.4, 0.5) is 5.82 Å². The molecular formula is C16H22N4O2. The van der Waals surface area contributed by atoms with E-state index in [0.29, 0.717) is 5.92 Å². The summed E-state index contributed by atoms with van der Waals surface area (Å²) in [6.07, 6.45) is 4.43. The lowest BCUT2D eigenvalue weighted by Crippen LogP contribution is -2.68. The van der Waals surface area contributed by atoms with E-state index in [0.717, 1.165) is 43.9 Å². The molecule has 1 aromatic heterocycles. The molecule has 22 heavy (non-hydrogen) atoms. The summed E-state index contributed by atoms with van der Waals surface area (Å²) in [6.45, 7) is 4.29. The van der Waals surface area contributed by atoms with Crippen molar-refractivity contribution in [1.82, 2.24) is 15.3 Å². The van der Waals surface area contributed by atoms with Gasteiger partial charge in [-0.3, -0.25) is 4.79 Å². The van der Waals surface area contributed by atoms with Crippen LogP contribution in [0, 0.1) is 12.8 Å². The molecule has 2 heterocycles. The summed E-state index contributed by atoms with van der Waals surface area (Å²) in [6, 6.07) is 0.243. The topological polar surface area (TPSA) is 76.1 Å². The molecule has 1 aliphatic heterocycles. The molecule has 6 nitrogen and oxygen atoms in total. The Morgan fingerprint density at radius 2 is 2.14 bits per heavy atom. The monoisotopic (exact) mass is 302 g/mol. The molecule has 0 spiro atoms. The summed E-state index contributed by atoms with van der Waals surface area (Å²) in [5.41, 5.74) is 2.44. The summed E-state index contributed by atoms with van der Waals surface area (Å²) in [5, 5.41) is 6.63. The predicted molar refractivity (Wildman–Crippen MR) is 81.7 cm³/mol. The fraction of sp³-hybridized carbons (Fsp3) is 0.688. The third-order valence-corrected chi connectivity index (χ3v) is 5.10. The Hall–Kier alpha value is -1.69. The Morgan fingerprint density at radius 3 is 2.95 bits per heavy atom. The van der Waals surface area contributed by atoms with Gasteiger partial charge in [-0.05, 0) is 32.6 Å². The van der Waals surface area contributed by atoms with E-state index < -0.39 is 0 Å². The Balaban J connectivity index is 1.59. The number of fused-ring (bicyclic) bond motifs is 2. The molecule has 0 unspecified atom stereocenters. The second kappa shape index (κ2) is 5.19. The van der Waals surface area contributed by atoms with E-state index in [9.17, 15) is 4.79 Å². The number of carbonyl (C=O) groups is 1. The molecule has 1 saturated heterocycles. The number of nitrogens with zero attached hydrogens (tertiary/aromatic N) is 2. The second-order valence-electron chi connectivity index (χ2n) is 6.58. The van der Waals surface area contributed by atoms with E-state index in [4.69, 9.17) is 4.74 Å². The summed E-state index contributed by atoms with van der Waals surface area (Å²) in [5.74, 6) is 2.24. The van der Waals surface area contributed by atoms with Crippen molar-refractivity contribution < 1.29 is 9.53 Å². The van der Waals surface area contributed by atoms with Gasteiger partial charge in [-0.15, -0.1) is 0 Å². The molecule has 2 aliphatic carbocycles. The molecule has 118 valence electrons. The van der Waals surface area contributed by atoms with Gasteiger partial charge in [0.2, 0.25) is 5.91 Å². The number of rotatable bonds is 3. The Morgan fingerprint density at radius 1 is 1.27 bits per heavy atom. The molecule has 4 atom stereocenters. The number of ether oxygens (including phenoxy) is 1. The largest absolute Gasteiger partial charge is 0.376 e. The second-order valence-corrected chi connectivity index (χ2v) is 6.58. The zero-order valence-corrected chi connectivity index (χ0v) is 13.1. The molecule has 4 rings (SSSR count). The molecule has 2 fully saturated rings. The molecule has 0 aromatic carbocycles. The van der Waals surface area contributed by atoms with Crippen LogP contribution in [0.1, 0.15) is 36.8 Å². The van der Waals surface area contributed by atoms with E-state index in [1.165, 1.54) is 11.3 Å². The molecule has 2 N–H and O–H groups in total. The lowest BCUT2D eigenvalue weighted by Gasteiger charge is -2.48. The molecule has 1 saturated carbocycles. The normalized spacial score (nSPS) is 32.1. The van der Waals surface area contributed by atoms with Crippen LogP contribution in [-0.4, -0.2) is 40.7 Å². The minimum atomic E-state index is -0.00477. The van der Waals surface area contributed by atoms with Gasteiger partial charge in [-0.1, -0.05) is 0 Å². The fourth-order valence-corrected chi connectivity index (χ4v) is 4.14. The van der Waals surface area contributed by atoms with Crippen molar-refractivity contribution in [2.75, 3.05) is 11.9 Å². The van der Waals surface area contributed by atoms with Gasteiger partial charge in [-0.25, -0.2) is 9.97 Å². The molecule has 6 heteroatoms. The van der Waals surface area contributed by atoms with Crippen molar-refractivity contribution in [3.63, 3.8) is 0 Å². The van der Waals surface area contributed by atoms with Gasteiger partial charge in [0, 0.05) is 30.7 Å². The number of aromatic nitrogens is 2. The van der Waals surface area contributed by atoms with E-state index in [1.807, 2.05) is 6.92 Å². The number of aryl methyl sites for hydroxylation is 2. The number of anilines is 1. The average molecular weight is 302 g/mol. The van der Waals surface area contributed by atoms with Crippen molar-refractivity contribution >= 4 is 11.7 Å². The van der Waals surface area contributed by atoms with Crippen LogP contribution < -0.4 is 10.6 Å². The zero-order chi connectivity index (χ0) is 15.3. The number of hydrogen-bond acceptors (Lipinski definition) is 5. The minimum absolute atomic E-state index is 0.00477. The standard InChI is InChI=1S/C16H22N4O2/c1-8-17-12-5-3-4-10(12)16(18-8)20-13-11-6-7-22-15(11)14(13)19-9(2)21/h11,13-15H,3-7H2,1-2H3,(H,19,21)(H,17,18,20)/t11-,13+,14-,15-/m1/s1. The van der Waals surface area contributed by atoms with Gasteiger partial charge in [0.1, 0.15) is 11.6 Å². The summed E-state index contributed by atoms with van der Waals surface area (Å²) >= 11 is 0. The van der Waals surface area contributed by atoms with Gasteiger partial charge in [0.15, 0.2) is 0 Å². The zero-order valence-electron chi connectivity index (χ0n) is 13.1. The highest BCUT2D eigenvalue weighted by atomic mass is 16.5. The highest BCUT2D eigenvalue weighted by molar-refractivity contribution is 5.73. The first-order valence-corrected chi connectivity index (χ1v) is 8.15. The van der Waals surface area contributed by atoms with Crippen LogP contribution in [0.15, 0.2) is 0 Å². The molecule has 1 amide bonds. The Bertz CT molecular complexity index is 618. The van der Waals surface area contributed by atoms with E-state index >= 15 is 0 Å². The third kappa shape index (κ3) is 2.17. The first kappa shape index (κ1) is 13.9. The first-order valence-electron chi connectivity index (χ1n) is 8.15. The first-order chi connectivity index (χ1) is 10.6. The van der Waals surface area contributed by atoms with Gasteiger partial charge in [0.25, 0.3) is 0 Å². The molecule has 3 aliphatic rings. The fourth-order valence-electron chi connectivity index (χ4n) is 4.14. The SMILES string of the molecule is CC(=O)N[C@@H]1[C@@H](Nc2nc(C)nc3c2CCC3)[C@H]2CCO[C@H]21. The van der Waals surface area contributed by atoms with E-state index in [-0.39, 0.29) is 24.1 Å². The minimum Gasteiger partial charge on any atom is -0.376 e. The quantitative estimate of drug-likeness (QED) is 0.870. The van der Waals surface area contributed by atoms with Crippen LogP contribution in [0.2, 0.25) is 0 Å². The van der Waals surface area contributed by atoms with Crippen LogP contribution in [0.25, 0.3) is 0 Å². The Kier molecular flexibility index (Phi) is 3.29. The van der Waals surface area contributed by atoms with E-state index in [2.05, 4.69) is 20.6 Å². The average Bonchev–Trinajstić information content (AvgIpc) is 3.08. The molecule has 0 bridgehead atoms. The Labute approximate surface area is 130 Å². The molecular weight excluding hydrogens is 280 g/mol. The smallest absolute Gasteiger partial charge is 0.217 e. The number of hydrogen-bond donors (Lipinski definition) is 2. The highest BCUT2D eigenvalue weighted by Crippen LogP contribution is 2.41. The highest BCUT2D eigenvalue weighted by Gasteiger charge is 2.54. The van der Waals surface area contributed by atoms with Crippen molar-refractivity contribution in [3.8, 4) is 0 Å².